The molecule has 0 aromatic heterocycles. The number of piperidine rings is 1. The van der Waals surface area contributed by atoms with E-state index in [1.807, 2.05) is 0 Å². The van der Waals surface area contributed by atoms with Crippen LogP contribution in [0, 0.1) is 5.92 Å². The van der Waals surface area contributed by atoms with Crippen LogP contribution < -0.4 is 0 Å². The van der Waals surface area contributed by atoms with E-state index < -0.39 is 0 Å². The molecule has 2 saturated heterocycles. The van der Waals surface area contributed by atoms with Crippen molar-refractivity contribution in [3.05, 3.63) is 0 Å². The molecule has 0 radical (unpaired) electrons. The summed E-state index contributed by atoms with van der Waals surface area (Å²) >= 11 is 0. The van der Waals surface area contributed by atoms with Crippen LogP contribution in [0.1, 0.15) is 39.5 Å². The Labute approximate surface area is 69.8 Å². The average Bonchev–Trinajstić information content (AvgIpc) is 2.17. The smallest absolute Gasteiger partial charge is 0.0184 e. The molecule has 2 rings (SSSR count). The van der Waals surface area contributed by atoms with Crippen molar-refractivity contribution in [2.75, 3.05) is 7.05 Å². The average molecular weight is 153 g/mol. The Kier molecular flexibility index (Phi) is 1.54. The van der Waals surface area contributed by atoms with E-state index in [0.717, 1.165) is 12.0 Å². The lowest BCUT2D eigenvalue weighted by Gasteiger charge is -2.42. The van der Waals surface area contributed by atoms with Crippen LogP contribution in [0.15, 0.2) is 0 Å². The Morgan fingerprint density at radius 1 is 1.45 bits per heavy atom. The summed E-state index contributed by atoms with van der Waals surface area (Å²) in [4.78, 5) is 2.62. The maximum atomic E-state index is 2.62. The van der Waals surface area contributed by atoms with E-state index in [0.29, 0.717) is 5.54 Å². The summed E-state index contributed by atoms with van der Waals surface area (Å²) in [5.41, 5.74) is 0.558. The normalized spacial score (nSPS) is 51.5. The van der Waals surface area contributed by atoms with Gasteiger partial charge in [-0.3, -0.25) is 4.90 Å². The summed E-state index contributed by atoms with van der Waals surface area (Å²) in [6.07, 6.45) is 5.72. The van der Waals surface area contributed by atoms with Gasteiger partial charge in [-0.25, -0.2) is 0 Å². The Bertz CT molecular complexity index is 166. The van der Waals surface area contributed by atoms with Gasteiger partial charge in [-0.2, -0.15) is 0 Å². The molecule has 2 fully saturated rings. The van der Waals surface area contributed by atoms with Gasteiger partial charge in [0.1, 0.15) is 0 Å². The van der Waals surface area contributed by atoms with Crippen LogP contribution in [0.25, 0.3) is 0 Å². The molecule has 0 amide bonds. The molecule has 0 N–H and O–H groups in total. The first-order chi connectivity index (χ1) is 5.12. The molecule has 1 nitrogen and oxygen atoms in total. The van der Waals surface area contributed by atoms with Crippen molar-refractivity contribution in [1.82, 2.24) is 4.90 Å². The molecule has 0 aliphatic carbocycles. The predicted molar refractivity (Wildman–Crippen MR) is 47.6 cm³/mol. The second kappa shape index (κ2) is 2.22. The number of hydrogen-bond acceptors (Lipinski definition) is 1. The third kappa shape index (κ3) is 1.01. The minimum atomic E-state index is 0.558. The van der Waals surface area contributed by atoms with E-state index >= 15 is 0 Å². The maximum Gasteiger partial charge on any atom is 0.0184 e. The largest absolute Gasteiger partial charge is 0.298 e. The quantitative estimate of drug-likeness (QED) is 0.516. The molecule has 11 heavy (non-hydrogen) atoms. The molecule has 64 valence electrons. The van der Waals surface area contributed by atoms with Crippen molar-refractivity contribution in [1.29, 1.82) is 0 Å². The lowest BCUT2D eigenvalue weighted by atomic mass is 9.84. The molecule has 0 aromatic carbocycles. The van der Waals surface area contributed by atoms with Gasteiger partial charge in [0, 0.05) is 11.6 Å². The van der Waals surface area contributed by atoms with Gasteiger partial charge in [0.2, 0.25) is 0 Å². The monoisotopic (exact) mass is 153 g/mol. The van der Waals surface area contributed by atoms with E-state index in [1.165, 1.54) is 25.7 Å². The molecular weight excluding hydrogens is 134 g/mol. The first-order valence-electron chi connectivity index (χ1n) is 4.85. The molecular formula is C10H19N. The van der Waals surface area contributed by atoms with Gasteiger partial charge >= 0.3 is 0 Å². The van der Waals surface area contributed by atoms with E-state index in [4.69, 9.17) is 0 Å². The van der Waals surface area contributed by atoms with Crippen molar-refractivity contribution in [2.45, 2.75) is 51.1 Å². The van der Waals surface area contributed by atoms with Crippen LogP contribution in [-0.2, 0) is 0 Å². The predicted octanol–water partition coefficient (Wildman–Crippen LogP) is 2.27. The highest BCUT2D eigenvalue weighted by molar-refractivity contribution is 5.01. The lowest BCUT2D eigenvalue weighted by Crippen LogP contribution is -2.47. The summed E-state index contributed by atoms with van der Waals surface area (Å²) in [7, 11) is 2.31. The van der Waals surface area contributed by atoms with E-state index in [-0.39, 0.29) is 0 Å². The molecule has 1 heteroatoms. The lowest BCUT2D eigenvalue weighted by molar-refractivity contribution is 0.0685. The Balaban J connectivity index is 2.20. The molecule has 2 bridgehead atoms. The molecule has 2 aliphatic rings. The fraction of sp³-hybridized carbons (Fsp3) is 1.00. The van der Waals surface area contributed by atoms with Crippen LogP contribution >= 0.6 is 0 Å². The van der Waals surface area contributed by atoms with Crippen LogP contribution in [-0.4, -0.2) is 23.5 Å². The van der Waals surface area contributed by atoms with Gasteiger partial charge in [-0.15, -0.1) is 0 Å². The van der Waals surface area contributed by atoms with Crippen molar-refractivity contribution < 1.29 is 0 Å². The van der Waals surface area contributed by atoms with Gasteiger partial charge in [-0.05, 0) is 45.6 Å². The number of nitrogens with zero attached hydrogens (tertiary/aromatic N) is 1. The minimum Gasteiger partial charge on any atom is -0.298 e. The van der Waals surface area contributed by atoms with Gasteiger partial charge < -0.3 is 0 Å². The Hall–Kier alpha value is -0.0400. The van der Waals surface area contributed by atoms with Gasteiger partial charge in [0.05, 0.1) is 0 Å². The Morgan fingerprint density at radius 3 is 2.82 bits per heavy atom. The summed E-state index contributed by atoms with van der Waals surface area (Å²) in [6, 6.07) is 0.906. The molecule has 0 saturated carbocycles. The first kappa shape index (κ1) is 7.60. The number of fused-ring (bicyclic) bond motifs is 2. The van der Waals surface area contributed by atoms with E-state index in [2.05, 4.69) is 25.8 Å². The fourth-order valence-corrected chi connectivity index (χ4v) is 3.11. The van der Waals surface area contributed by atoms with Gasteiger partial charge in [0.15, 0.2) is 0 Å². The van der Waals surface area contributed by atoms with Crippen molar-refractivity contribution in [2.24, 2.45) is 5.92 Å². The number of rotatable bonds is 0. The van der Waals surface area contributed by atoms with Crippen molar-refractivity contribution >= 4 is 0 Å². The molecule has 3 atom stereocenters. The maximum absolute atomic E-state index is 2.62. The van der Waals surface area contributed by atoms with Crippen LogP contribution in [0.5, 0.6) is 0 Å². The molecule has 2 unspecified atom stereocenters. The third-order valence-corrected chi connectivity index (χ3v) is 3.88. The standard InChI is InChI=1S/C10H19N/c1-8-6-9-4-5-10(2,7-8)11(9)3/h8-9H,4-7H2,1-3H3/t8?,9?,10-/m1/s1. The zero-order valence-corrected chi connectivity index (χ0v) is 7.93. The van der Waals surface area contributed by atoms with E-state index in [9.17, 15) is 0 Å². The minimum absolute atomic E-state index is 0.558. The highest BCUT2D eigenvalue weighted by Crippen LogP contribution is 2.44. The summed E-state index contributed by atoms with van der Waals surface area (Å²) in [6.45, 7) is 4.84. The SMILES string of the molecule is CC1CC2CC[C@](C)(C1)N2C. The zero-order valence-electron chi connectivity index (χ0n) is 7.93. The van der Waals surface area contributed by atoms with E-state index in [1.54, 1.807) is 0 Å². The van der Waals surface area contributed by atoms with Crippen molar-refractivity contribution in [3.8, 4) is 0 Å². The molecule has 0 spiro atoms. The topological polar surface area (TPSA) is 3.24 Å². The summed E-state index contributed by atoms with van der Waals surface area (Å²) in [5, 5.41) is 0. The molecule has 2 aliphatic heterocycles. The zero-order chi connectivity index (χ0) is 8.06. The molecule has 0 aromatic rings. The fourth-order valence-electron chi connectivity index (χ4n) is 3.11. The molecule has 2 heterocycles. The van der Waals surface area contributed by atoms with Crippen LogP contribution in [0.4, 0.5) is 0 Å². The van der Waals surface area contributed by atoms with Crippen LogP contribution in [0.3, 0.4) is 0 Å². The second-order valence-electron chi connectivity index (χ2n) is 4.85. The number of hydrogen-bond donors (Lipinski definition) is 0. The Morgan fingerprint density at radius 2 is 2.18 bits per heavy atom. The van der Waals surface area contributed by atoms with Crippen LogP contribution in [0.2, 0.25) is 0 Å². The third-order valence-electron chi connectivity index (χ3n) is 3.88. The summed E-state index contributed by atoms with van der Waals surface area (Å²) < 4.78 is 0. The second-order valence-corrected chi connectivity index (χ2v) is 4.85. The van der Waals surface area contributed by atoms with Crippen molar-refractivity contribution in [3.63, 3.8) is 0 Å². The summed E-state index contributed by atoms with van der Waals surface area (Å²) in [5.74, 6) is 0.962. The highest BCUT2D eigenvalue weighted by Gasteiger charge is 2.45. The first-order valence-corrected chi connectivity index (χ1v) is 4.85. The highest BCUT2D eigenvalue weighted by atomic mass is 15.2. The van der Waals surface area contributed by atoms with Gasteiger partial charge in [0.25, 0.3) is 0 Å². The van der Waals surface area contributed by atoms with Gasteiger partial charge in [-0.1, -0.05) is 6.92 Å².